The quantitative estimate of drug-likeness (QED) is 0.490. The van der Waals surface area contributed by atoms with Crippen molar-refractivity contribution < 1.29 is 27.2 Å². The summed E-state index contributed by atoms with van der Waals surface area (Å²) in [6.45, 7) is 6.48. The summed E-state index contributed by atoms with van der Waals surface area (Å²) in [4.78, 5) is 12.6. The molecule has 0 spiro atoms. The van der Waals surface area contributed by atoms with Gasteiger partial charge in [0, 0.05) is 11.8 Å². The van der Waals surface area contributed by atoms with Gasteiger partial charge in [0.15, 0.2) is 21.3 Å². The smallest absolute Gasteiger partial charge is 0.228 e. The SMILES string of the molecule is CCOc1ccc(CC(=O)Nc2ccc(S(=O)(=O)Cc3cc(C)on3)cc2)cc1OCC. The summed E-state index contributed by atoms with van der Waals surface area (Å²) < 4.78 is 41.2. The number of ether oxygens (including phenoxy) is 2. The number of aryl methyl sites for hydroxylation is 1. The Bertz CT molecular complexity index is 1170. The summed E-state index contributed by atoms with van der Waals surface area (Å²) in [5.41, 5.74) is 1.63. The predicted octanol–water partition coefficient (Wildman–Crippen LogP) is 3.94. The van der Waals surface area contributed by atoms with E-state index in [1.807, 2.05) is 19.9 Å². The Morgan fingerprint density at radius 2 is 1.69 bits per heavy atom. The lowest BCUT2D eigenvalue weighted by Gasteiger charge is -2.12. The van der Waals surface area contributed by atoms with Crippen LogP contribution in [0.4, 0.5) is 5.69 Å². The number of nitrogens with one attached hydrogen (secondary N) is 1. The standard InChI is InChI=1S/C23H26N2O6S/c1-4-29-21-11-6-17(13-22(21)30-5-2)14-23(26)24-18-7-9-20(10-8-18)32(27,28)15-19-12-16(3)31-25-19/h6-13H,4-5,14-15H2,1-3H3,(H,24,26). The van der Waals surface area contributed by atoms with Crippen LogP contribution < -0.4 is 14.8 Å². The first-order valence-electron chi connectivity index (χ1n) is 10.2. The van der Waals surface area contributed by atoms with Crippen molar-refractivity contribution in [1.29, 1.82) is 0 Å². The number of hydrogen-bond acceptors (Lipinski definition) is 7. The summed E-state index contributed by atoms with van der Waals surface area (Å²) in [6.07, 6.45) is 0.137. The number of aromatic nitrogens is 1. The molecule has 0 atom stereocenters. The number of amides is 1. The molecule has 0 aliphatic heterocycles. The van der Waals surface area contributed by atoms with E-state index in [1.165, 1.54) is 12.1 Å². The first kappa shape index (κ1) is 23.3. The van der Waals surface area contributed by atoms with Crippen LogP contribution in [0.2, 0.25) is 0 Å². The van der Waals surface area contributed by atoms with Crippen molar-refractivity contribution in [2.24, 2.45) is 0 Å². The Hall–Kier alpha value is -3.33. The van der Waals surface area contributed by atoms with Gasteiger partial charge < -0.3 is 19.3 Å². The summed E-state index contributed by atoms with van der Waals surface area (Å²) in [5.74, 6) is 1.29. The topological polar surface area (TPSA) is 108 Å². The second-order valence-corrected chi connectivity index (χ2v) is 9.07. The van der Waals surface area contributed by atoms with Gasteiger partial charge in [-0.2, -0.15) is 0 Å². The van der Waals surface area contributed by atoms with Crippen LogP contribution in [0.1, 0.15) is 30.9 Å². The molecule has 2 aromatic carbocycles. The summed E-state index contributed by atoms with van der Waals surface area (Å²) in [6, 6.07) is 13.0. The van der Waals surface area contributed by atoms with Gasteiger partial charge in [-0.25, -0.2) is 8.42 Å². The van der Waals surface area contributed by atoms with E-state index in [9.17, 15) is 13.2 Å². The maximum Gasteiger partial charge on any atom is 0.228 e. The molecule has 32 heavy (non-hydrogen) atoms. The van der Waals surface area contributed by atoms with Crippen LogP contribution in [0, 0.1) is 6.92 Å². The molecule has 1 aromatic heterocycles. The number of rotatable bonds is 10. The monoisotopic (exact) mass is 458 g/mol. The van der Waals surface area contributed by atoms with Crippen LogP contribution in [0.3, 0.4) is 0 Å². The Morgan fingerprint density at radius 3 is 2.31 bits per heavy atom. The normalized spacial score (nSPS) is 11.2. The van der Waals surface area contributed by atoms with Gasteiger partial charge in [0.2, 0.25) is 5.91 Å². The van der Waals surface area contributed by atoms with E-state index < -0.39 is 9.84 Å². The lowest BCUT2D eigenvalue weighted by atomic mass is 10.1. The molecule has 0 unspecified atom stereocenters. The molecular weight excluding hydrogens is 432 g/mol. The average Bonchev–Trinajstić information content (AvgIpc) is 3.14. The summed E-state index contributed by atoms with van der Waals surface area (Å²) >= 11 is 0. The lowest BCUT2D eigenvalue weighted by Crippen LogP contribution is -2.14. The highest BCUT2D eigenvalue weighted by molar-refractivity contribution is 7.90. The number of nitrogens with zero attached hydrogens (tertiary/aromatic N) is 1. The molecule has 0 saturated heterocycles. The maximum absolute atomic E-state index is 12.6. The fraction of sp³-hybridized carbons (Fsp3) is 0.304. The Kier molecular flexibility index (Phi) is 7.53. The predicted molar refractivity (Wildman–Crippen MR) is 120 cm³/mol. The second kappa shape index (κ2) is 10.3. The number of carbonyl (C=O) groups excluding carboxylic acids is 1. The largest absolute Gasteiger partial charge is 0.490 e. The van der Waals surface area contributed by atoms with Crippen LogP contribution in [-0.2, 0) is 26.8 Å². The zero-order chi connectivity index (χ0) is 23.1. The van der Waals surface area contributed by atoms with Crippen LogP contribution in [0.5, 0.6) is 11.5 Å². The van der Waals surface area contributed by atoms with Crippen molar-refractivity contribution in [2.75, 3.05) is 18.5 Å². The van der Waals surface area contributed by atoms with E-state index in [0.29, 0.717) is 41.9 Å². The molecule has 0 fully saturated rings. The molecule has 1 amide bonds. The molecule has 0 saturated carbocycles. The maximum atomic E-state index is 12.6. The minimum Gasteiger partial charge on any atom is -0.490 e. The zero-order valence-corrected chi connectivity index (χ0v) is 19.1. The number of anilines is 1. The van der Waals surface area contributed by atoms with Gasteiger partial charge in [-0.3, -0.25) is 4.79 Å². The third kappa shape index (κ3) is 6.10. The van der Waals surface area contributed by atoms with E-state index in [2.05, 4.69) is 10.5 Å². The van der Waals surface area contributed by atoms with Gasteiger partial charge in [0.1, 0.15) is 11.5 Å². The Balaban J connectivity index is 1.64. The van der Waals surface area contributed by atoms with E-state index >= 15 is 0 Å². The van der Waals surface area contributed by atoms with Crippen molar-refractivity contribution in [1.82, 2.24) is 5.16 Å². The second-order valence-electron chi connectivity index (χ2n) is 7.08. The molecule has 8 nitrogen and oxygen atoms in total. The summed E-state index contributed by atoms with van der Waals surface area (Å²) in [5, 5.41) is 6.51. The van der Waals surface area contributed by atoms with Crippen molar-refractivity contribution in [3.63, 3.8) is 0 Å². The van der Waals surface area contributed by atoms with E-state index in [4.69, 9.17) is 14.0 Å². The average molecular weight is 459 g/mol. The Morgan fingerprint density at radius 1 is 1.00 bits per heavy atom. The third-order valence-corrected chi connectivity index (χ3v) is 6.15. The summed E-state index contributed by atoms with van der Waals surface area (Å²) in [7, 11) is -3.57. The molecule has 3 rings (SSSR count). The van der Waals surface area contributed by atoms with Gasteiger partial charge in [-0.05, 0) is 62.7 Å². The molecule has 3 aromatic rings. The van der Waals surface area contributed by atoms with Crippen molar-refractivity contribution in [3.8, 4) is 11.5 Å². The van der Waals surface area contributed by atoms with Crippen LogP contribution in [0.15, 0.2) is 57.9 Å². The van der Waals surface area contributed by atoms with E-state index in [-0.39, 0.29) is 23.0 Å². The third-order valence-electron chi connectivity index (χ3n) is 4.48. The van der Waals surface area contributed by atoms with Crippen molar-refractivity contribution >= 4 is 21.4 Å². The van der Waals surface area contributed by atoms with Crippen LogP contribution in [-0.4, -0.2) is 32.7 Å². The highest BCUT2D eigenvalue weighted by Gasteiger charge is 2.18. The fourth-order valence-corrected chi connectivity index (χ4v) is 4.35. The van der Waals surface area contributed by atoms with Gasteiger partial charge in [-0.1, -0.05) is 11.2 Å². The number of hydrogen-bond donors (Lipinski definition) is 1. The van der Waals surface area contributed by atoms with Crippen molar-refractivity contribution in [2.45, 2.75) is 37.8 Å². The minimum absolute atomic E-state index is 0.137. The fourth-order valence-electron chi connectivity index (χ4n) is 3.11. The highest BCUT2D eigenvalue weighted by atomic mass is 32.2. The van der Waals surface area contributed by atoms with Gasteiger partial charge in [0.25, 0.3) is 0 Å². The molecular formula is C23H26N2O6S. The zero-order valence-electron chi connectivity index (χ0n) is 18.3. The van der Waals surface area contributed by atoms with Gasteiger partial charge >= 0.3 is 0 Å². The lowest BCUT2D eigenvalue weighted by molar-refractivity contribution is -0.115. The molecule has 0 bridgehead atoms. The van der Waals surface area contributed by atoms with Crippen LogP contribution in [0.25, 0.3) is 0 Å². The Labute approximate surface area is 187 Å². The van der Waals surface area contributed by atoms with E-state index in [0.717, 1.165) is 5.56 Å². The first-order valence-corrected chi connectivity index (χ1v) is 11.9. The first-order chi connectivity index (χ1) is 15.3. The molecule has 0 aliphatic rings. The molecule has 170 valence electrons. The van der Waals surface area contributed by atoms with Crippen LogP contribution >= 0.6 is 0 Å². The number of benzene rings is 2. The molecule has 1 N–H and O–H groups in total. The molecule has 0 radical (unpaired) electrons. The number of sulfone groups is 1. The molecule has 0 aliphatic carbocycles. The van der Waals surface area contributed by atoms with Gasteiger partial charge in [-0.15, -0.1) is 0 Å². The highest BCUT2D eigenvalue weighted by Crippen LogP contribution is 2.29. The van der Waals surface area contributed by atoms with Crippen molar-refractivity contribution in [3.05, 3.63) is 65.5 Å². The molecule has 1 heterocycles. The number of carbonyl (C=O) groups is 1. The minimum atomic E-state index is -3.57. The van der Waals surface area contributed by atoms with E-state index in [1.54, 1.807) is 37.3 Å². The van der Waals surface area contributed by atoms with Gasteiger partial charge in [0.05, 0.1) is 30.2 Å². The molecule has 9 heteroatoms.